The SMILES string of the molecule is Cc1ccc(-c2nnn(CC(=O)N3CCCC(C(C)N)C3)n2)cc1.Cl. The van der Waals surface area contributed by atoms with E-state index in [0.29, 0.717) is 11.7 Å². The number of carbonyl (C=O) groups excluding carboxylic acids is 1. The number of likely N-dealkylation sites (tertiary alicyclic amines) is 1. The van der Waals surface area contributed by atoms with Crippen LogP contribution in [0, 0.1) is 12.8 Å². The maximum absolute atomic E-state index is 12.5. The van der Waals surface area contributed by atoms with Crippen molar-refractivity contribution in [1.82, 2.24) is 25.1 Å². The van der Waals surface area contributed by atoms with Gasteiger partial charge in [-0.25, -0.2) is 0 Å². The van der Waals surface area contributed by atoms with Crippen LogP contribution in [-0.2, 0) is 11.3 Å². The first kappa shape index (κ1) is 19.3. The fourth-order valence-corrected chi connectivity index (χ4v) is 3.02. The second-order valence-electron chi connectivity index (χ2n) is 6.61. The van der Waals surface area contributed by atoms with Gasteiger partial charge in [0.25, 0.3) is 0 Å². The van der Waals surface area contributed by atoms with Gasteiger partial charge < -0.3 is 10.6 Å². The molecule has 7 nitrogen and oxygen atoms in total. The molecule has 0 saturated carbocycles. The number of hydrogen-bond acceptors (Lipinski definition) is 5. The lowest BCUT2D eigenvalue weighted by Crippen LogP contribution is -2.46. The van der Waals surface area contributed by atoms with Crippen LogP contribution in [0.3, 0.4) is 0 Å². The van der Waals surface area contributed by atoms with Crippen LogP contribution in [0.2, 0.25) is 0 Å². The van der Waals surface area contributed by atoms with Gasteiger partial charge in [-0.15, -0.1) is 22.6 Å². The number of aryl methyl sites for hydroxylation is 1. The summed E-state index contributed by atoms with van der Waals surface area (Å²) in [5.41, 5.74) is 8.06. The summed E-state index contributed by atoms with van der Waals surface area (Å²) in [6.45, 7) is 5.65. The van der Waals surface area contributed by atoms with Gasteiger partial charge in [-0.3, -0.25) is 4.79 Å². The van der Waals surface area contributed by atoms with Crippen LogP contribution in [0.4, 0.5) is 0 Å². The molecule has 2 heterocycles. The third-order valence-corrected chi connectivity index (χ3v) is 4.59. The fourth-order valence-electron chi connectivity index (χ4n) is 3.02. The monoisotopic (exact) mass is 364 g/mol. The van der Waals surface area contributed by atoms with Crippen LogP contribution in [0.1, 0.15) is 25.3 Å². The van der Waals surface area contributed by atoms with Gasteiger partial charge in [0.1, 0.15) is 6.54 Å². The lowest BCUT2D eigenvalue weighted by molar-refractivity contribution is -0.134. The van der Waals surface area contributed by atoms with E-state index in [1.807, 2.05) is 43.0 Å². The largest absolute Gasteiger partial charge is 0.341 e. The third kappa shape index (κ3) is 4.76. The van der Waals surface area contributed by atoms with E-state index < -0.39 is 0 Å². The van der Waals surface area contributed by atoms with Crippen LogP contribution in [0.5, 0.6) is 0 Å². The summed E-state index contributed by atoms with van der Waals surface area (Å²) < 4.78 is 0. The quantitative estimate of drug-likeness (QED) is 0.890. The molecule has 1 aliphatic rings. The summed E-state index contributed by atoms with van der Waals surface area (Å²) in [6.07, 6.45) is 2.08. The van der Waals surface area contributed by atoms with Crippen molar-refractivity contribution in [2.24, 2.45) is 11.7 Å². The zero-order valence-corrected chi connectivity index (χ0v) is 15.4. The number of tetrazole rings is 1. The molecule has 1 aromatic heterocycles. The first-order valence-electron chi connectivity index (χ1n) is 8.41. The van der Waals surface area contributed by atoms with E-state index in [2.05, 4.69) is 15.4 Å². The van der Waals surface area contributed by atoms with Crippen LogP contribution < -0.4 is 5.73 Å². The number of nitrogens with zero attached hydrogens (tertiary/aromatic N) is 5. The van der Waals surface area contributed by atoms with E-state index in [0.717, 1.165) is 31.5 Å². The first-order valence-corrected chi connectivity index (χ1v) is 8.41. The van der Waals surface area contributed by atoms with Crippen molar-refractivity contribution >= 4 is 18.3 Å². The van der Waals surface area contributed by atoms with E-state index >= 15 is 0 Å². The van der Waals surface area contributed by atoms with Crippen LogP contribution in [0.15, 0.2) is 24.3 Å². The average molecular weight is 365 g/mol. The van der Waals surface area contributed by atoms with E-state index in [9.17, 15) is 4.79 Å². The van der Waals surface area contributed by atoms with Gasteiger partial charge in [-0.1, -0.05) is 29.8 Å². The Morgan fingerprint density at radius 1 is 1.36 bits per heavy atom. The predicted molar refractivity (Wildman–Crippen MR) is 98.2 cm³/mol. The van der Waals surface area contributed by atoms with Crippen molar-refractivity contribution in [2.45, 2.75) is 39.3 Å². The van der Waals surface area contributed by atoms with Gasteiger partial charge in [0, 0.05) is 24.7 Å². The number of amides is 1. The van der Waals surface area contributed by atoms with Crippen molar-refractivity contribution in [2.75, 3.05) is 13.1 Å². The molecule has 0 radical (unpaired) electrons. The molecule has 2 N–H and O–H groups in total. The highest BCUT2D eigenvalue weighted by Crippen LogP contribution is 2.19. The number of aromatic nitrogens is 4. The maximum atomic E-state index is 12.5. The van der Waals surface area contributed by atoms with Gasteiger partial charge in [0.2, 0.25) is 11.7 Å². The normalized spacial score (nSPS) is 18.5. The second kappa shape index (κ2) is 8.40. The van der Waals surface area contributed by atoms with E-state index in [1.54, 1.807) is 0 Å². The minimum Gasteiger partial charge on any atom is -0.341 e. The molecular weight excluding hydrogens is 340 g/mol. The molecule has 3 rings (SSSR count). The maximum Gasteiger partial charge on any atom is 0.246 e. The Hall–Kier alpha value is -1.99. The topological polar surface area (TPSA) is 89.9 Å². The van der Waals surface area contributed by atoms with Crippen molar-refractivity contribution in [3.8, 4) is 11.4 Å². The number of halogens is 1. The highest BCUT2D eigenvalue weighted by atomic mass is 35.5. The number of benzene rings is 1. The Kier molecular flexibility index (Phi) is 6.50. The molecule has 136 valence electrons. The van der Waals surface area contributed by atoms with Crippen molar-refractivity contribution in [1.29, 1.82) is 0 Å². The molecule has 25 heavy (non-hydrogen) atoms. The number of hydrogen-bond donors (Lipinski definition) is 1. The summed E-state index contributed by atoms with van der Waals surface area (Å²) in [4.78, 5) is 15.7. The molecule has 8 heteroatoms. The van der Waals surface area contributed by atoms with E-state index in [1.165, 1.54) is 10.4 Å². The van der Waals surface area contributed by atoms with Crippen molar-refractivity contribution in [3.63, 3.8) is 0 Å². The molecule has 2 atom stereocenters. The molecular formula is C17H25ClN6O. The number of piperidine rings is 1. The highest BCUT2D eigenvalue weighted by Gasteiger charge is 2.26. The standard InChI is InChI=1S/C17H24N6O.ClH/c1-12-5-7-14(8-6-12)17-19-21-23(20-17)11-16(24)22-9-3-4-15(10-22)13(2)18;/h5-8,13,15H,3-4,9-11,18H2,1-2H3;1H. The minimum atomic E-state index is 0. The number of nitrogens with two attached hydrogens (primary N) is 1. The summed E-state index contributed by atoms with van der Waals surface area (Å²) >= 11 is 0. The molecule has 1 saturated heterocycles. The zero-order valence-electron chi connectivity index (χ0n) is 14.6. The summed E-state index contributed by atoms with van der Waals surface area (Å²) in [5, 5.41) is 12.4. The van der Waals surface area contributed by atoms with E-state index in [-0.39, 0.29) is 30.9 Å². The zero-order chi connectivity index (χ0) is 17.1. The molecule has 1 aliphatic heterocycles. The minimum absolute atomic E-state index is 0. The Morgan fingerprint density at radius 3 is 2.76 bits per heavy atom. The smallest absolute Gasteiger partial charge is 0.246 e. The third-order valence-electron chi connectivity index (χ3n) is 4.59. The van der Waals surface area contributed by atoms with Gasteiger partial charge in [-0.2, -0.15) is 4.80 Å². The van der Waals surface area contributed by atoms with Gasteiger partial charge in [0.05, 0.1) is 0 Å². The fraction of sp³-hybridized carbons (Fsp3) is 0.529. The summed E-state index contributed by atoms with van der Waals surface area (Å²) in [7, 11) is 0. The Bertz CT molecular complexity index is 699. The van der Waals surface area contributed by atoms with Crippen LogP contribution in [-0.4, -0.2) is 50.1 Å². The molecule has 0 bridgehead atoms. The van der Waals surface area contributed by atoms with Crippen LogP contribution in [0.25, 0.3) is 11.4 Å². The molecule has 1 amide bonds. The Labute approximate surface area is 154 Å². The lowest BCUT2D eigenvalue weighted by Gasteiger charge is -2.34. The van der Waals surface area contributed by atoms with Gasteiger partial charge in [0.15, 0.2) is 0 Å². The highest BCUT2D eigenvalue weighted by molar-refractivity contribution is 5.85. The van der Waals surface area contributed by atoms with Gasteiger partial charge in [-0.05, 0) is 37.8 Å². The van der Waals surface area contributed by atoms with Crippen molar-refractivity contribution < 1.29 is 4.79 Å². The first-order chi connectivity index (χ1) is 11.5. The van der Waals surface area contributed by atoms with Crippen molar-refractivity contribution in [3.05, 3.63) is 29.8 Å². The molecule has 0 spiro atoms. The number of rotatable bonds is 4. The summed E-state index contributed by atoms with van der Waals surface area (Å²) in [6, 6.07) is 8.02. The lowest BCUT2D eigenvalue weighted by atomic mass is 9.92. The Balaban J connectivity index is 0.00000225. The second-order valence-corrected chi connectivity index (χ2v) is 6.61. The Morgan fingerprint density at radius 2 is 2.08 bits per heavy atom. The van der Waals surface area contributed by atoms with Gasteiger partial charge >= 0.3 is 0 Å². The molecule has 2 unspecified atom stereocenters. The molecule has 1 aromatic carbocycles. The molecule has 1 fully saturated rings. The number of carbonyl (C=O) groups is 1. The van der Waals surface area contributed by atoms with E-state index in [4.69, 9.17) is 5.73 Å². The average Bonchev–Trinajstić information content (AvgIpc) is 3.04. The molecule has 0 aliphatic carbocycles. The summed E-state index contributed by atoms with van der Waals surface area (Å²) in [5.74, 6) is 0.928. The predicted octanol–water partition coefficient (Wildman–Crippen LogP) is 1.66. The molecule has 2 aromatic rings. The van der Waals surface area contributed by atoms with Crippen LogP contribution >= 0.6 is 12.4 Å².